The van der Waals surface area contributed by atoms with Gasteiger partial charge < -0.3 is 5.32 Å². The van der Waals surface area contributed by atoms with Gasteiger partial charge in [0, 0.05) is 23.7 Å². The summed E-state index contributed by atoms with van der Waals surface area (Å²) in [6, 6.07) is 11.0. The zero-order valence-electron chi connectivity index (χ0n) is 12.2. The number of H-pyrrole nitrogens is 1. The van der Waals surface area contributed by atoms with Crippen molar-refractivity contribution < 1.29 is 9.78 Å². The molecule has 6 heteroatoms. The molecular weight excluding hydrogens is 318 g/mol. The minimum atomic E-state index is -0.135. The van der Waals surface area contributed by atoms with Crippen LogP contribution in [0.1, 0.15) is 16.8 Å². The van der Waals surface area contributed by atoms with E-state index in [0.29, 0.717) is 21.3 Å². The number of pyridine rings is 1. The first-order chi connectivity index (χ1) is 10.5. The molecule has 1 amide bonds. The summed E-state index contributed by atoms with van der Waals surface area (Å²) in [5.74, 6) is 0.0836. The maximum atomic E-state index is 12.0. The number of hydrogen-bond acceptors (Lipinski definition) is 3. The summed E-state index contributed by atoms with van der Waals surface area (Å²) >= 11 is 7.12. The number of nitrogens with one attached hydrogen (secondary N) is 2. The minimum Gasteiger partial charge on any atom is -0.325 e. The highest BCUT2D eigenvalue weighted by Crippen LogP contribution is 2.21. The van der Waals surface area contributed by atoms with Gasteiger partial charge in [0.15, 0.2) is 5.69 Å². The monoisotopic (exact) mass is 332 g/mol. The molecule has 0 aliphatic carbocycles. The van der Waals surface area contributed by atoms with E-state index in [4.69, 9.17) is 11.6 Å². The molecule has 2 rings (SSSR count). The third-order valence-corrected chi connectivity index (χ3v) is 4.21. The van der Waals surface area contributed by atoms with Crippen molar-refractivity contribution in [3.63, 3.8) is 0 Å². The maximum absolute atomic E-state index is 12.0. The molecule has 0 bridgehead atoms. The predicted octanol–water partition coefficient (Wildman–Crippen LogP) is 3.37. The number of nitrogens with zero attached hydrogens (tertiary/aromatic N) is 1. The van der Waals surface area contributed by atoms with E-state index in [1.807, 2.05) is 19.9 Å². The van der Waals surface area contributed by atoms with Crippen LogP contribution in [0.3, 0.4) is 0 Å². The zero-order valence-corrected chi connectivity index (χ0v) is 13.8. The minimum absolute atomic E-state index is 0.135. The van der Waals surface area contributed by atoms with Crippen LogP contribution in [0.2, 0.25) is 5.02 Å². The van der Waals surface area contributed by atoms with Gasteiger partial charge in [0.05, 0.1) is 5.75 Å². The highest BCUT2D eigenvalue weighted by Gasteiger charge is 2.16. The van der Waals surface area contributed by atoms with Gasteiger partial charge in [0.2, 0.25) is 5.91 Å². The fourth-order valence-electron chi connectivity index (χ4n) is 1.97. The Bertz CT molecular complexity index is 738. The molecule has 0 saturated carbocycles. The second-order valence-corrected chi connectivity index (χ2v) is 6.22. The van der Waals surface area contributed by atoms with E-state index >= 15 is 0 Å². The second-order valence-electron chi connectivity index (χ2n) is 4.80. The first-order valence-electron chi connectivity index (χ1n) is 6.61. The van der Waals surface area contributed by atoms with Crippen molar-refractivity contribution in [2.24, 2.45) is 0 Å². The Morgan fingerprint density at radius 3 is 2.68 bits per heavy atom. The first kappa shape index (κ1) is 16.3. The number of carbonyl (C=O) groups excluding carboxylic acids is 1. The molecule has 0 unspecified atom stereocenters. The van der Waals surface area contributed by atoms with E-state index < -0.39 is 0 Å². The average molecular weight is 333 g/mol. The van der Waals surface area contributed by atoms with Crippen molar-refractivity contribution in [2.75, 3.05) is 11.1 Å². The van der Waals surface area contributed by atoms with Crippen LogP contribution in [0.4, 0.5) is 5.69 Å². The quantitative estimate of drug-likeness (QED) is 0.873. The van der Waals surface area contributed by atoms with Gasteiger partial charge in [-0.15, -0.1) is 0 Å². The van der Waals surface area contributed by atoms with E-state index in [2.05, 4.69) is 16.4 Å². The molecular formula is C16H15ClN3OS+. The number of carbonyl (C=O) groups is 1. The number of halogens is 1. The van der Waals surface area contributed by atoms with Crippen LogP contribution in [-0.4, -0.2) is 11.7 Å². The fraction of sp³-hybridized carbons (Fsp3) is 0.188. The van der Waals surface area contributed by atoms with Gasteiger partial charge in [-0.2, -0.15) is 5.26 Å². The molecule has 0 atom stereocenters. The lowest BCUT2D eigenvalue weighted by atomic mass is 10.1. The number of aryl methyl sites for hydroxylation is 2. The Balaban J connectivity index is 2.02. The van der Waals surface area contributed by atoms with Crippen LogP contribution in [0.5, 0.6) is 0 Å². The molecule has 2 aromatic rings. The van der Waals surface area contributed by atoms with Crippen molar-refractivity contribution in [1.82, 2.24) is 0 Å². The van der Waals surface area contributed by atoms with Gasteiger partial charge in [-0.25, -0.2) is 4.98 Å². The van der Waals surface area contributed by atoms with Crippen LogP contribution in [-0.2, 0) is 4.79 Å². The Labute approximate surface area is 138 Å². The van der Waals surface area contributed by atoms with Gasteiger partial charge in [-0.3, -0.25) is 4.79 Å². The molecule has 0 fully saturated rings. The fourth-order valence-corrected chi connectivity index (χ4v) is 3.03. The number of aromatic amines is 1. The lowest BCUT2D eigenvalue weighted by Gasteiger charge is -2.05. The Kier molecular flexibility index (Phi) is 5.42. The smallest absolute Gasteiger partial charge is 0.257 e. The predicted molar refractivity (Wildman–Crippen MR) is 88.0 cm³/mol. The Hall–Kier alpha value is -2.03. The number of nitriles is 1. The van der Waals surface area contributed by atoms with Gasteiger partial charge in [-0.1, -0.05) is 11.6 Å². The summed E-state index contributed by atoms with van der Waals surface area (Å²) in [6.07, 6.45) is 0. The first-order valence-corrected chi connectivity index (χ1v) is 7.98. The highest BCUT2D eigenvalue weighted by molar-refractivity contribution is 7.99. The summed E-state index contributed by atoms with van der Waals surface area (Å²) in [6.45, 7) is 3.81. The van der Waals surface area contributed by atoms with Crippen molar-refractivity contribution in [3.05, 3.63) is 52.2 Å². The van der Waals surface area contributed by atoms with Crippen LogP contribution in [0.15, 0.2) is 35.4 Å². The van der Waals surface area contributed by atoms with Gasteiger partial charge in [-0.05, 0) is 48.5 Å². The standard InChI is InChI=1S/C16H14ClN3OS/c1-10-7-11(2)19-16(14(10)8-18)22-9-15(21)20-13-5-3-12(17)4-6-13/h3-7H,9H2,1-2H3,(H,20,21)/p+1. The van der Waals surface area contributed by atoms with Gasteiger partial charge in [0.1, 0.15) is 11.6 Å². The number of amides is 1. The van der Waals surface area contributed by atoms with Crippen molar-refractivity contribution in [1.29, 1.82) is 5.26 Å². The lowest BCUT2D eigenvalue weighted by molar-refractivity contribution is -0.435. The maximum Gasteiger partial charge on any atom is 0.257 e. The Morgan fingerprint density at radius 1 is 1.36 bits per heavy atom. The third-order valence-electron chi connectivity index (χ3n) is 2.95. The van der Waals surface area contributed by atoms with Crippen molar-refractivity contribution in [3.8, 4) is 6.07 Å². The van der Waals surface area contributed by atoms with E-state index in [1.165, 1.54) is 11.8 Å². The summed E-state index contributed by atoms with van der Waals surface area (Å²) in [7, 11) is 0. The average Bonchev–Trinajstić information content (AvgIpc) is 2.47. The van der Waals surface area contributed by atoms with E-state index in [9.17, 15) is 10.1 Å². The SMILES string of the molecule is Cc1cc(C)c(C#N)c(SCC(=O)Nc2ccc(Cl)cc2)[nH+]1. The molecule has 2 N–H and O–H groups in total. The molecule has 1 aromatic carbocycles. The van der Waals surface area contributed by atoms with Crippen LogP contribution in [0.25, 0.3) is 0 Å². The van der Waals surface area contributed by atoms with E-state index in [1.54, 1.807) is 24.3 Å². The number of thioether (sulfide) groups is 1. The molecule has 1 heterocycles. The summed E-state index contributed by atoms with van der Waals surface area (Å²) in [5.41, 5.74) is 3.13. The van der Waals surface area contributed by atoms with Crippen molar-refractivity contribution in [2.45, 2.75) is 18.9 Å². The summed E-state index contributed by atoms with van der Waals surface area (Å²) < 4.78 is 0. The normalized spacial score (nSPS) is 10.1. The van der Waals surface area contributed by atoms with Gasteiger partial charge >= 0.3 is 0 Å². The van der Waals surface area contributed by atoms with Crippen LogP contribution >= 0.6 is 23.4 Å². The largest absolute Gasteiger partial charge is 0.325 e. The number of benzene rings is 1. The van der Waals surface area contributed by atoms with E-state index in [-0.39, 0.29) is 11.7 Å². The molecule has 1 aromatic heterocycles. The molecule has 112 valence electrons. The Morgan fingerprint density at radius 2 is 2.05 bits per heavy atom. The summed E-state index contributed by atoms with van der Waals surface area (Å²) in [4.78, 5) is 15.1. The molecule has 0 aliphatic heterocycles. The molecule has 4 nitrogen and oxygen atoms in total. The number of hydrogen-bond donors (Lipinski definition) is 1. The zero-order chi connectivity index (χ0) is 16.1. The molecule has 0 saturated heterocycles. The molecule has 22 heavy (non-hydrogen) atoms. The number of rotatable bonds is 4. The topological polar surface area (TPSA) is 67.0 Å². The molecule has 0 aliphatic rings. The molecule has 0 radical (unpaired) electrons. The van der Waals surface area contributed by atoms with E-state index in [0.717, 1.165) is 11.3 Å². The number of aromatic nitrogens is 1. The van der Waals surface area contributed by atoms with Crippen LogP contribution in [0, 0.1) is 25.2 Å². The van der Waals surface area contributed by atoms with Gasteiger partial charge in [0.25, 0.3) is 5.03 Å². The van der Waals surface area contributed by atoms with Crippen LogP contribution < -0.4 is 10.3 Å². The lowest BCUT2D eigenvalue weighted by Crippen LogP contribution is -2.18. The second kappa shape index (κ2) is 7.30. The highest BCUT2D eigenvalue weighted by atomic mass is 35.5. The van der Waals surface area contributed by atoms with Crippen molar-refractivity contribution >= 4 is 35.0 Å². The summed E-state index contributed by atoms with van der Waals surface area (Å²) in [5, 5.41) is 13.3. The third kappa shape index (κ3) is 4.23. The molecule has 0 spiro atoms. The number of anilines is 1.